The van der Waals surface area contributed by atoms with Crippen molar-refractivity contribution in [3.05, 3.63) is 107 Å². The number of aromatic nitrogens is 1. The third kappa shape index (κ3) is 6.42. The van der Waals surface area contributed by atoms with Crippen LogP contribution in [0.15, 0.2) is 85.1 Å². The molecule has 0 aliphatic carbocycles. The second-order valence-corrected chi connectivity index (χ2v) is 9.36. The Morgan fingerprint density at radius 1 is 0.833 bits per heavy atom. The van der Waals surface area contributed by atoms with E-state index >= 15 is 0 Å². The van der Waals surface area contributed by atoms with Crippen LogP contribution in [-0.2, 0) is 17.8 Å². The molecule has 0 saturated heterocycles. The minimum absolute atomic E-state index is 0.0322. The van der Waals surface area contributed by atoms with Gasteiger partial charge in [-0.05, 0) is 49.1 Å². The van der Waals surface area contributed by atoms with Crippen LogP contribution in [0.2, 0.25) is 0 Å². The van der Waals surface area contributed by atoms with Crippen LogP contribution in [0.4, 0.5) is 0 Å². The molecule has 3 aromatic carbocycles. The van der Waals surface area contributed by atoms with E-state index in [2.05, 4.69) is 24.0 Å². The number of benzene rings is 3. The Hall–Kier alpha value is -3.86. The van der Waals surface area contributed by atoms with Crippen LogP contribution in [0.5, 0.6) is 0 Å². The van der Waals surface area contributed by atoms with Crippen LogP contribution in [0.25, 0.3) is 10.9 Å². The zero-order valence-electron chi connectivity index (χ0n) is 21.2. The van der Waals surface area contributed by atoms with Gasteiger partial charge in [-0.2, -0.15) is 0 Å². The van der Waals surface area contributed by atoms with Crippen LogP contribution in [0.1, 0.15) is 46.8 Å². The molecule has 0 fully saturated rings. The van der Waals surface area contributed by atoms with Gasteiger partial charge >= 0.3 is 0 Å². The fraction of sp³-hybridized carbons (Fsp3) is 0.290. The highest BCUT2D eigenvalue weighted by Gasteiger charge is 2.22. The van der Waals surface area contributed by atoms with Gasteiger partial charge < -0.3 is 14.8 Å². The minimum Gasteiger partial charge on any atom is -0.361 e. The van der Waals surface area contributed by atoms with Crippen LogP contribution in [-0.4, -0.2) is 46.2 Å². The largest absolute Gasteiger partial charge is 0.361 e. The van der Waals surface area contributed by atoms with E-state index in [1.54, 1.807) is 4.90 Å². The van der Waals surface area contributed by atoms with Crippen molar-refractivity contribution in [3.8, 4) is 0 Å². The van der Waals surface area contributed by atoms with Crippen molar-refractivity contribution >= 4 is 22.7 Å². The number of rotatable bonds is 11. The molecule has 0 aliphatic heterocycles. The Labute approximate surface area is 213 Å². The van der Waals surface area contributed by atoms with Gasteiger partial charge in [-0.25, -0.2) is 0 Å². The molecule has 4 rings (SSSR count). The van der Waals surface area contributed by atoms with Crippen molar-refractivity contribution in [3.63, 3.8) is 0 Å². The van der Waals surface area contributed by atoms with E-state index in [0.29, 0.717) is 25.2 Å². The number of nitrogens with zero attached hydrogens (tertiary/aromatic N) is 2. The number of aryl methyl sites for hydroxylation is 1. The summed E-state index contributed by atoms with van der Waals surface area (Å²) in [5.74, 6) is -0.122. The summed E-state index contributed by atoms with van der Waals surface area (Å²) in [4.78, 5) is 33.9. The standard InChI is InChI=1S/C31H35N3O2/c1-3-4-19-34(31(36)26-16-14-24(2)15-17-26)23-30(35)33(22-25-10-6-5-7-11-25)20-18-27-21-32-29-13-9-8-12-28(27)29/h5-17,21,32H,3-4,18-20,22-23H2,1-2H3. The predicted octanol–water partition coefficient (Wildman–Crippen LogP) is 5.99. The number of unbranched alkanes of at least 4 members (excludes halogenated alkanes) is 1. The van der Waals surface area contributed by atoms with E-state index in [1.165, 1.54) is 10.9 Å². The van der Waals surface area contributed by atoms with Gasteiger partial charge in [0.25, 0.3) is 5.91 Å². The predicted molar refractivity (Wildman–Crippen MR) is 146 cm³/mol. The van der Waals surface area contributed by atoms with Gasteiger partial charge in [0, 0.05) is 42.3 Å². The summed E-state index contributed by atoms with van der Waals surface area (Å²) in [5, 5.41) is 1.18. The van der Waals surface area contributed by atoms with Gasteiger partial charge in [-0.1, -0.05) is 79.6 Å². The maximum absolute atomic E-state index is 13.7. The summed E-state index contributed by atoms with van der Waals surface area (Å²) < 4.78 is 0. The summed E-state index contributed by atoms with van der Waals surface area (Å²) in [6.07, 6.45) is 4.59. The number of nitrogens with one attached hydrogen (secondary N) is 1. The van der Waals surface area contributed by atoms with Crippen molar-refractivity contribution in [2.24, 2.45) is 0 Å². The minimum atomic E-state index is -0.0897. The molecule has 2 amide bonds. The number of aromatic amines is 1. The molecule has 0 unspecified atom stereocenters. The first-order chi connectivity index (χ1) is 17.5. The van der Waals surface area contributed by atoms with Gasteiger partial charge in [0.1, 0.15) is 6.54 Å². The molecular formula is C31H35N3O2. The first-order valence-electron chi connectivity index (χ1n) is 12.8. The molecule has 1 N–H and O–H groups in total. The zero-order valence-corrected chi connectivity index (χ0v) is 21.2. The summed E-state index contributed by atoms with van der Waals surface area (Å²) in [6, 6.07) is 25.8. The lowest BCUT2D eigenvalue weighted by Gasteiger charge is -2.28. The Morgan fingerprint density at radius 2 is 1.56 bits per heavy atom. The summed E-state index contributed by atoms with van der Waals surface area (Å²) >= 11 is 0. The van der Waals surface area contributed by atoms with Gasteiger partial charge in [0.05, 0.1) is 0 Å². The SMILES string of the molecule is CCCCN(CC(=O)N(CCc1c[nH]c2ccccc12)Cc1ccccc1)C(=O)c1ccc(C)cc1. The molecule has 0 spiro atoms. The van der Waals surface area contributed by atoms with Gasteiger partial charge in [-0.15, -0.1) is 0 Å². The van der Waals surface area contributed by atoms with Gasteiger partial charge in [0.15, 0.2) is 0 Å². The second kappa shape index (κ2) is 12.2. The molecule has 36 heavy (non-hydrogen) atoms. The average molecular weight is 482 g/mol. The monoisotopic (exact) mass is 481 g/mol. The second-order valence-electron chi connectivity index (χ2n) is 9.36. The van der Waals surface area contributed by atoms with Crippen molar-refractivity contribution in [1.29, 1.82) is 0 Å². The molecule has 4 aromatic rings. The quantitative estimate of drug-likeness (QED) is 0.286. The fourth-order valence-electron chi connectivity index (χ4n) is 4.43. The van der Waals surface area contributed by atoms with Gasteiger partial charge in [-0.3, -0.25) is 9.59 Å². The highest BCUT2D eigenvalue weighted by atomic mass is 16.2. The number of carbonyl (C=O) groups excluding carboxylic acids is 2. The van der Waals surface area contributed by atoms with E-state index in [4.69, 9.17) is 0 Å². The number of fused-ring (bicyclic) bond motifs is 1. The third-order valence-corrected chi connectivity index (χ3v) is 6.59. The summed E-state index contributed by atoms with van der Waals surface area (Å²) in [6.45, 7) is 5.84. The molecule has 0 aliphatic rings. The van der Waals surface area contributed by atoms with Crippen molar-refractivity contribution in [1.82, 2.24) is 14.8 Å². The lowest BCUT2D eigenvalue weighted by Crippen LogP contribution is -2.43. The van der Waals surface area contributed by atoms with Crippen molar-refractivity contribution < 1.29 is 9.59 Å². The Balaban J connectivity index is 1.52. The average Bonchev–Trinajstić information content (AvgIpc) is 3.32. The lowest BCUT2D eigenvalue weighted by molar-refractivity contribution is -0.132. The first-order valence-corrected chi connectivity index (χ1v) is 12.8. The van der Waals surface area contributed by atoms with Gasteiger partial charge in [0.2, 0.25) is 5.91 Å². The molecule has 0 saturated carbocycles. The Morgan fingerprint density at radius 3 is 2.31 bits per heavy atom. The summed E-state index contributed by atoms with van der Waals surface area (Å²) in [5.41, 5.74) is 5.10. The fourth-order valence-corrected chi connectivity index (χ4v) is 4.43. The zero-order chi connectivity index (χ0) is 25.3. The molecule has 5 heteroatoms. The number of hydrogen-bond acceptors (Lipinski definition) is 2. The van der Waals surface area contributed by atoms with Crippen molar-refractivity contribution in [2.45, 2.75) is 39.7 Å². The van der Waals surface area contributed by atoms with Crippen molar-refractivity contribution in [2.75, 3.05) is 19.6 Å². The molecule has 0 radical (unpaired) electrons. The van der Waals surface area contributed by atoms with Crippen LogP contribution < -0.4 is 0 Å². The topological polar surface area (TPSA) is 56.4 Å². The molecule has 5 nitrogen and oxygen atoms in total. The smallest absolute Gasteiger partial charge is 0.254 e. The lowest BCUT2D eigenvalue weighted by atomic mass is 10.1. The van der Waals surface area contributed by atoms with E-state index in [-0.39, 0.29) is 18.4 Å². The normalized spacial score (nSPS) is 10.9. The molecule has 0 atom stereocenters. The molecule has 186 valence electrons. The number of H-pyrrole nitrogens is 1. The molecule has 1 aromatic heterocycles. The third-order valence-electron chi connectivity index (χ3n) is 6.59. The highest BCUT2D eigenvalue weighted by molar-refractivity contribution is 5.96. The molecule has 1 heterocycles. The Bertz CT molecular complexity index is 1280. The van der Waals surface area contributed by atoms with E-state index < -0.39 is 0 Å². The molecule has 0 bridgehead atoms. The maximum atomic E-state index is 13.7. The summed E-state index contributed by atoms with van der Waals surface area (Å²) in [7, 11) is 0. The van der Waals surface area contributed by atoms with E-state index in [9.17, 15) is 9.59 Å². The number of para-hydroxylation sites is 1. The molecular weight excluding hydrogens is 446 g/mol. The van der Waals surface area contributed by atoms with E-state index in [1.807, 2.05) is 84.8 Å². The van der Waals surface area contributed by atoms with Crippen LogP contribution in [0.3, 0.4) is 0 Å². The first kappa shape index (κ1) is 25.2. The van der Waals surface area contributed by atoms with E-state index in [0.717, 1.165) is 35.9 Å². The highest BCUT2D eigenvalue weighted by Crippen LogP contribution is 2.19. The van der Waals surface area contributed by atoms with Crippen LogP contribution >= 0.6 is 0 Å². The number of carbonyl (C=O) groups is 2. The number of amides is 2. The Kier molecular flexibility index (Phi) is 8.56. The van der Waals surface area contributed by atoms with Crippen LogP contribution in [0, 0.1) is 6.92 Å². The maximum Gasteiger partial charge on any atom is 0.254 e. The number of hydrogen-bond donors (Lipinski definition) is 1.